The molecule has 3 heteroatoms. The van der Waals surface area contributed by atoms with E-state index >= 15 is 0 Å². The van der Waals surface area contributed by atoms with Crippen LogP contribution in [0.4, 0.5) is 0 Å². The number of nitrogens with zero attached hydrogens (tertiary/aromatic N) is 2. The van der Waals surface area contributed by atoms with Gasteiger partial charge in [-0.3, -0.25) is 4.90 Å². The molecule has 0 radical (unpaired) electrons. The molecule has 1 aromatic carbocycles. The highest BCUT2D eigenvalue weighted by Crippen LogP contribution is 2.25. The van der Waals surface area contributed by atoms with Crippen molar-refractivity contribution in [2.24, 2.45) is 0 Å². The predicted molar refractivity (Wildman–Crippen MR) is 80.8 cm³/mol. The van der Waals surface area contributed by atoms with Gasteiger partial charge in [-0.1, -0.05) is 6.92 Å². The first-order valence-corrected chi connectivity index (χ1v) is 7.63. The molecule has 0 aliphatic carbocycles. The van der Waals surface area contributed by atoms with E-state index in [4.69, 9.17) is 10.00 Å². The normalized spacial score (nSPS) is 22.6. The van der Waals surface area contributed by atoms with Crippen LogP contribution >= 0.6 is 0 Å². The van der Waals surface area contributed by atoms with Crippen molar-refractivity contribution in [2.75, 3.05) is 13.2 Å². The van der Waals surface area contributed by atoms with Crippen molar-refractivity contribution >= 4 is 0 Å². The molecule has 2 rings (SSSR count). The van der Waals surface area contributed by atoms with Gasteiger partial charge in [0.2, 0.25) is 0 Å². The smallest absolute Gasteiger partial charge is 0.119 e. The van der Waals surface area contributed by atoms with E-state index in [1.807, 2.05) is 12.1 Å². The Bertz CT molecular complexity index is 449. The van der Waals surface area contributed by atoms with E-state index in [2.05, 4.69) is 24.8 Å². The molecule has 1 heterocycles. The average Bonchev–Trinajstić information content (AvgIpc) is 2.84. The highest BCUT2D eigenvalue weighted by molar-refractivity contribution is 5.34. The van der Waals surface area contributed by atoms with Crippen molar-refractivity contribution in [1.29, 1.82) is 5.26 Å². The quantitative estimate of drug-likeness (QED) is 0.742. The van der Waals surface area contributed by atoms with Crippen LogP contribution in [0.2, 0.25) is 0 Å². The zero-order valence-corrected chi connectivity index (χ0v) is 12.5. The summed E-state index contributed by atoms with van der Waals surface area (Å²) < 4.78 is 5.73. The predicted octanol–water partition coefficient (Wildman–Crippen LogP) is 3.59. The lowest BCUT2D eigenvalue weighted by Gasteiger charge is -2.27. The fourth-order valence-corrected chi connectivity index (χ4v) is 3.03. The first kappa shape index (κ1) is 14.9. The fourth-order valence-electron chi connectivity index (χ4n) is 3.03. The second-order valence-electron chi connectivity index (χ2n) is 5.56. The summed E-state index contributed by atoms with van der Waals surface area (Å²) in [5, 5.41) is 8.74. The molecular weight excluding hydrogens is 248 g/mol. The topological polar surface area (TPSA) is 36.3 Å². The Morgan fingerprint density at radius 2 is 2.05 bits per heavy atom. The third kappa shape index (κ3) is 3.74. The Kier molecular flexibility index (Phi) is 5.43. The van der Waals surface area contributed by atoms with Gasteiger partial charge in [0.05, 0.1) is 18.2 Å². The maximum Gasteiger partial charge on any atom is 0.119 e. The van der Waals surface area contributed by atoms with Crippen LogP contribution < -0.4 is 4.74 Å². The molecule has 1 fully saturated rings. The van der Waals surface area contributed by atoms with E-state index in [0.29, 0.717) is 5.56 Å². The van der Waals surface area contributed by atoms with E-state index in [-0.39, 0.29) is 0 Å². The van der Waals surface area contributed by atoms with Crippen molar-refractivity contribution in [3.05, 3.63) is 29.8 Å². The number of ether oxygens (including phenoxy) is 1. The van der Waals surface area contributed by atoms with Crippen LogP contribution in [0.25, 0.3) is 0 Å². The molecule has 2 unspecified atom stereocenters. The Hall–Kier alpha value is -1.53. The third-order valence-electron chi connectivity index (χ3n) is 4.24. The van der Waals surface area contributed by atoms with Gasteiger partial charge < -0.3 is 4.74 Å². The minimum atomic E-state index is 0.675. The summed E-state index contributed by atoms with van der Waals surface area (Å²) in [7, 11) is 0. The number of hydrogen-bond donors (Lipinski definition) is 0. The lowest BCUT2D eigenvalue weighted by Crippen LogP contribution is -2.35. The summed E-state index contributed by atoms with van der Waals surface area (Å²) in [5.41, 5.74) is 0.675. The molecule has 1 aromatic rings. The molecule has 2 atom stereocenters. The molecule has 0 saturated carbocycles. The van der Waals surface area contributed by atoms with Crippen molar-refractivity contribution < 1.29 is 4.74 Å². The summed E-state index contributed by atoms with van der Waals surface area (Å²) in [6.45, 7) is 6.47. The molecule has 1 saturated heterocycles. The largest absolute Gasteiger partial charge is 0.494 e. The van der Waals surface area contributed by atoms with Gasteiger partial charge in [-0.2, -0.15) is 5.26 Å². The highest BCUT2D eigenvalue weighted by Gasteiger charge is 2.28. The summed E-state index contributed by atoms with van der Waals surface area (Å²) in [5.74, 6) is 0.852. The molecule has 1 aliphatic heterocycles. The zero-order chi connectivity index (χ0) is 14.4. The van der Waals surface area contributed by atoms with Crippen molar-refractivity contribution in [2.45, 2.75) is 51.6 Å². The van der Waals surface area contributed by atoms with Crippen molar-refractivity contribution in [3.63, 3.8) is 0 Å². The van der Waals surface area contributed by atoms with Crippen LogP contribution in [-0.2, 0) is 0 Å². The van der Waals surface area contributed by atoms with E-state index in [1.54, 1.807) is 12.1 Å². The van der Waals surface area contributed by atoms with Crippen LogP contribution in [0, 0.1) is 11.3 Å². The highest BCUT2D eigenvalue weighted by atomic mass is 16.5. The second kappa shape index (κ2) is 7.31. The van der Waals surface area contributed by atoms with Crippen LogP contribution in [-0.4, -0.2) is 30.1 Å². The monoisotopic (exact) mass is 272 g/mol. The molecule has 20 heavy (non-hydrogen) atoms. The molecule has 0 aromatic heterocycles. The molecule has 0 spiro atoms. The number of hydrogen-bond acceptors (Lipinski definition) is 3. The molecule has 0 N–H and O–H groups in total. The van der Waals surface area contributed by atoms with Gasteiger partial charge >= 0.3 is 0 Å². The Labute approximate surface area is 122 Å². The first-order chi connectivity index (χ1) is 9.74. The lowest BCUT2D eigenvalue weighted by atomic mass is 10.1. The second-order valence-corrected chi connectivity index (χ2v) is 5.56. The van der Waals surface area contributed by atoms with Crippen molar-refractivity contribution in [3.8, 4) is 11.8 Å². The van der Waals surface area contributed by atoms with Gasteiger partial charge in [0.25, 0.3) is 0 Å². The van der Waals surface area contributed by atoms with Crippen LogP contribution in [0.3, 0.4) is 0 Å². The minimum Gasteiger partial charge on any atom is -0.494 e. The Balaban J connectivity index is 1.72. The van der Waals surface area contributed by atoms with E-state index < -0.39 is 0 Å². The van der Waals surface area contributed by atoms with Gasteiger partial charge in [-0.15, -0.1) is 0 Å². The van der Waals surface area contributed by atoms with Gasteiger partial charge in [0.15, 0.2) is 0 Å². The number of likely N-dealkylation sites (tertiary alicyclic amines) is 1. The molecule has 0 amide bonds. The van der Waals surface area contributed by atoms with E-state index in [0.717, 1.165) is 37.4 Å². The van der Waals surface area contributed by atoms with Gasteiger partial charge in [0, 0.05) is 18.6 Å². The van der Waals surface area contributed by atoms with E-state index in [9.17, 15) is 0 Å². The summed E-state index contributed by atoms with van der Waals surface area (Å²) >= 11 is 0. The zero-order valence-electron chi connectivity index (χ0n) is 12.5. The SMILES string of the molecule is CCC1CCC(C)N1CCCOc1ccc(C#N)cc1. The summed E-state index contributed by atoms with van der Waals surface area (Å²) in [6, 6.07) is 10.9. The molecule has 3 nitrogen and oxygen atoms in total. The standard InChI is InChI=1S/C17H24N2O/c1-3-16-8-5-14(2)19(16)11-4-12-20-17-9-6-15(13-18)7-10-17/h6-7,9-10,14,16H,3-5,8,11-12H2,1-2H3. The average molecular weight is 272 g/mol. The minimum absolute atomic E-state index is 0.675. The first-order valence-electron chi connectivity index (χ1n) is 7.63. The Morgan fingerprint density at radius 1 is 1.30 bits per heavy atom. The number of rotatable bonds is 6. The van der Waals surface area contributed by atoms with Gasteiger partial charge in [-0.25, -0.2) is 0 Å². The van der Waals surface area contributed by atoms with Gasteiger partial charge in [0.1, 0.15) is 5.75 Å². The number of nitriles is 1. The summed E-state index contributed by atoms with van der Waals surface area (Å²) in [6.07, 6.45) is 4.98. The van der Waals surface area contributed by atoms with Crippen LogP contribution in [0.15, 0.2) is 24.3 Å². The lowest BCUT2D eigenvalue weighted by molar-refractivity contribution is 0.179. The molecular formula is C17H24N2O. The maximum atomic E-state index is 8.74. The Morgan fingerprint density at radius 3 is 2.70 bits per heavy atom. The third-order valence-corrected chi connectivity index (χ3v) is 4.24. The summed E-state index contributed by atoms with van der Waals surface area (Å²) in [4.78, 5) is 2.63. The van der Waals surface area contributed by atoms with E-state index in [1.165, 1.54) is 19.3 Å². The maximum absolute atomic E-state index is 8.74. The van der Waals surface area contributed by atoms with Gasteiger partial charge in [-0.05, 0) is 56.9 Å². The molecule has 1 aliphatic rings. The molecule has 0 bridgehead atoms. The fraction of sp³-hybridized carbons (Fsp3) is 0.588. The number of benzene rings is 1. The van der Waals surface area contributed by atoms with Crippen LogP contribution in [0.1, 0.15) is 45.1 Å². The van der Waals surface area contributed by atoms with Crippen molar-refractivity contribution in [1.82, 2.24) is 4.90 Å². The molecule has 108 valence electrons. The van der Waals surface area contributed by atoms with Crippen LogP contribution in [0.5, 0.6) is 5.75 Å².